The van der Waals surface area contributed by atoms with Gasteiger partial charge in [-0.2, -0.15) is 0 Å². The summed E-state index contributed by atoms with van der Waals surface area (Å²) in [6.45, 7) is 8.17. The molecule has 0 saturated heterocycles. The summed E-state index contributed by atoms with van der Waals surface area (Å²) in [5.74, 6) is -0.664. The van der Waals surface area contributed by atoms with E-state index in [2.05, 4.69) is 20.7 Å². The number of carbonyl (C=O) groups excluding carboxylic acids is 3. The van der Waals surface area contributed by atoms with Crippen molar-refractivity contribution in [1.29, 1.82) is 0 Å². The molecule has 0 unspecified atom stereocenters. The Morgan fingerprint density at radius 3 is 2.45 bits per heavy atom. The lowest BCUT2D eigenvalue weighted by Crippen LogP contribution is -2.42. The molecular weight excluding hydrogens is 378 g/mol. The quantitative estimate of drug-likeness (QED) is 0.147. The van der Waals surface area contributed by atoms with Gasteiger partial charge in [0.25, 0.3) is 0 Å². The highest BCUT2D eigenvalue weighted by Crippen LogP contribution is 2.08. The van der Waals surface area contributed by atoms with Crippen LogP contribution in [0.1, 0.15) is 72.6 Å². The molecule has 2 N–H and O–H groups in total. The topological polar surface area (TPSA) is 142 Å². The SMILES string of the molecule is CCOC(=O)[C@H](CCCCNC(=O)OC(C)(C)C)NC(=O)CCCCCN=[N+]=[N-]. The molecule has 10 heteroatoms. The molecule has 0 aromatic rings. The van der Waals surface area contributed by atoms with E-state index in [0.29, 0.717) is 45.2 Å². The fraction of sp³-hybridized carbons (Fsp3) is 0.842. The molecule has 0 radical (unpaired) electrons. The maximum atomic E-state index is 12.1. The summed E-state index contributed by atoms with van der Waals surface area (Å²) >= 11 is 0. The molecule has 2 amide bonds. The van der Waals surface area contributed by atoms with Crippen molar-refractivity contribution in [2.45, 2.75) is 84.3 Å². The van der Waals surface area contributed by atoms with Crippen molar-refractivity contribution in [2.75, 3.05) is 19.7 Å². The van der Waals surface area contributed by atoms with Crippen molar-refractivity contribution in [2.24, 2.45) is 5.11 Å². The molecule has 0 aromatic heterocycles. The van der Waals surface area contributed by atoms with Crippen molar-refractivity contribution < 1.29 is 23.9 Å². The van der Waals surface area contributed by atoms with Gasteiger partial charge < -0.3 is 20.1 Å². The second-order valence-electron chi connectivity index (χ2n) is 7.56. The van der Waals surface area contributed by atoms with Gasteiger partial charge in [0.05, 0.1) is 6.61 Å². The Labute approximate surface area is 172 Å². The third kappa shape index (κ3) is 16.2. The van der Waals surface area contributed by atoms with E-state index in [0.717, 1.165) is 12.8 Å². The van der Waals surface area contributed by atoms with E-state index in [4.69, 9.17) is 15.0 Å². The summed E-state index contributed by atoms with van der Waals surface area (Å²) in [5.41, 5.74) is 7.66. The molecule has 29 heavy (non-hydrogen) atoms. The number of carbonyl (C=O) groups is 3. The van der Waals surface area contributed by atoms with Gasteiger partial charge >= 0.3 is 12.1 Å². The summed E-state index contributed by atoms with van der Waals surface area (Å²) in [6, 6.07) is -0.702. The lowest BCUT2D eigenvalue weighted by molar-refractivity contribution is -0.147. The number of ether oxygens (including phenoxy) is 2. The highest BCUT2D eigenvalue weighted by Gasteiger charge is 2.21. The van der Waals surface area contributed by atoms with Gasteiger partial charge in [-0.3, -0.25) is 4.79 Å². The van der Waals surface area contributed by atoms with Crippen LogP contribution in [0.15, 0.2) is 5.11 Å². The molecule has 1 atom stereocenters. The van der Waals surface area contributed by atoms with E-state index >= 15 is 0 Å². The van der Waals surface area contributed by atoms with Gasteiger partial charge in [-0.05, 0) is 65.3 Å². The molecule has 0 bridgehead atoms. The fourth-order valence-electron chi connectivity index (χ4n) is 2.43. The van der Waals surface area contributed by atoms with Crippen LogP contribution in [-0.4, -0.2) is 49.3 Å². The van der Waals surface area contributed by atoms with Crippen LogP contribution in [0.25, 0.3) is 10.4 Å². The van der Waals surface area contributed by atoms with Crippen molar-refractivity contribution in [1.82, 2.24) is 10.6 Å². The highest BCUT2D eigenvalue weighted by molar-refractivity contribution is 5.84. The summed E-state index contributed by atoms with van der Waals surface area (Å²) < 4.78 is 10.2. The predicted octanol–water partition coefficient (Wildman–Crippen LogP) is 3.60. The Hall–Kier alpha value is -2.48. The van der Waals surface area contributed by atoms with Crippen molar-refractivity contribution in [3.05, 3.63) is 10.4 Å². The Morgan fingerprint density at radius 2 is 1.83 bits per heavy atom. The summed E-state index contributed by atoms with van der Waals surface area (Å²) in [5, 5.41) is 8.83. The zero-order valence-electron chi connectivity index (χ0n) is 18.0. The molecule has 0 spiro atoms. The van der Waals surface area contributed by atoms with Crippen molar-refractivity contribution in [3.8, 4) is 0 Å². The Kier molecular flexibility index (Phi) is 14.1. The van der Waals surface area contributed by atoms with Crippen LogP contribution in [-0.2, 0) is 19.1 Å². The van der Waals surface area contributed by atoms with Crippen molar-refractivity contribution in [3.63, 3.8) is 0 Å². The average molecular weight is 414 g/mol. The van der Waals surface area contributed by atoms with E-state index in [1.54, 1.807) is 27.7 Å². The highest BCUT2D eigenvalue weighted by atomic mass is 16.6. The molecule has 0 heterocycles. The first-order chi connectivity index (χ1) is 13.7. The maximum Gasteiger partial charge on any atom is 0.407 e. The third-order valence-electron chi connectivity index (χ3n) is 3.72. The summed E-state index contributed by atoms with van der Waals surface area (Å²) in [7, 11) is 0. The van der Waals surface area contributed by atoms with Gasteiger partial charge in [-0.1, -0.05) is 11.5 Å². The molecule has 0 rings (SSSR count). The number of unbranched alkanes of at least 4 members (excludes halogenated alkanes) is 3. The Balaban J connectivity index is 4.22. The van der Waals surface area contributed by atoms with Crippen molar-refractivity contribution >= 4 is 18.0 Å². The number of nitrogens with one attached hydrogen (secondary N) is 2. The van der Waals surface area contributed by atoms with Gasteiger partial charge in [0, 0.05) is 24.4 Å². The van der Waals surface area contributed by atoms with E-state index in [9.17, 15) is 14.4 Å². The number of azide groups is 1. The van der Waals surface area contributed by atoms with Crippen LogP contribution in [0.2, 0.25) is 0 Å². The predicted molar refractivity (Wildman–Crippen MR) is 109 cm³/mol. The molecular formula is C19H35N5O5. The molecule has 0 aliphatic rings. The lowest BCUT2D eigenvalue weighted by atomic mass is 10.1. The van der Waals surface area contributed by atoms with Crippen LogP contribution in [0, 0.1) is 0 Å². The van der Waals surface area contributed by atoms with E-state index in [-0.39, 0.29) is 12.5 Å². The van der Waals surface area contributed by atoms with E-state index in [1.807, 2.05) is 0 Å². The number of alkyl carbamates (subject to hydrolysis) is 1. The van der Waals surface area contributed by atoms with Gasteiger partial charge in [0.15, 0.2) is 0 Å². The van der Waals surface area contributed by atoms with Crippen LogP contribution in [0.4, 0.5) is 4.79 Å². The number of hydrogen-bond acceptors (Lipinski definition) is 6. The molecule has 0 saturated carbocycles. The van der Waals surface area contributed by atoms with Crippen LogP contribution >= 0.6 is 0 Å². The van der Waals surface area contributed by atoms with Gasteiger partial charge in [-0.15, -0.1) is 0 Å². The van der Waals surface area contributed by atoms with Crippen LogP contribution in [0.3, 0.4) is 0 Å². The zero-order valence-corrected chi connectivity index (χ0v) is 18.0. The van der Waals surface area contributed by atoms with Gasteiger partial charge in [0.2, 0.25) is 5.91 Å². The average Bonchev–Trinajstić information content (AvgIpc) is 2.62. The number of nitrogens with zero attached hydrogens (tertiary/aromatic N) is 3. The number of amides is 2. The third-order valence-corrected chi connectivity index (χ3v) is 3.72. The first kappa shape index (κ1) is 26.5. The summed E-state index contributed by atoms with van der Waals surface area (Å²) in [6.07, 6.45) is 3.67. The largest absolute Gasteiger partial charge is 0.464 e. The minimum atomic E-state index is -0.702. The van der Waals surface area contributed by atoms with Crippen LogP contribution < -0.4 is 10.6 Å². The van der Waals surface area contributed by atoms with E-state index < -0.39 is 23.7 Å². The molecule has 0 fully saturated rings. The minimum Gasteiger partial charge on any atom is -0.464 e. The van der Waals surface area contributed by atoms with Gasteiger partial charge in [-0.25, -0.2) is 9.59 Å². The van der Waals surface area contributed by atoms with E-state index in [1.165, 1.54) is 0 Å². The molecule has 0 aliphatic carbocycles. The second-order valence-corrected chi connectivity index (χ2v) is 7.56. The first-order valence-corrected chi connectivity index (χ1v) is 10.1. The zero-order chi connectivity index (χ0) is 22.1. The normalized spacial score (nSPS) is 11.7. The minimum absolute atomic E-state index is 0.210. The summed E-state index contributed by atoms with van der Waals surface area (Å²) in [4.78, 5) is 38.4. The maximum absolute atomic E-state index is 12.1. The molecule has 166 valence electrons. The fourth-order valence-corrected chi connectivity index (χ4v) is 2.43. The molecule has 0 aliphatic heterocycles. The Morgan fingerprint density at radius 1 is 1.10 bits per heavy atom. The first-order valence-electron chi connectivity index (χ1n) is 10.1. The second kappa shape index (κ2) is 15.4. The smallest absolute Gasteiger partial charge is 0.407 e. The van der Waals surface area contributed by atoms with Crippen LogP contribution in [0.5, 0.6) is 0 Å². The van der Waals surface area contributed by atoms with Gasteiger partial charge in [0.1, 0.15) is 11.6 Å². The lowest BCUT2D eigenvalue weighted by Gasteiger charge is -2.20. The Bertz CT molecular complexity index is 556. The molecule has 10 nitrogen and oxygen atoms in total. The number of esters is 1. The number of rotatable bonds is 14. The number of hydrogen-bond donors (Lipinski definition) is 2. The molecule has 0 aromatic carbocycles. The monoisotopic (exact) mass is 413 g/mol. The standard InChI is InChI=1S/C19H35N5O5/c1-5-28-17(26)15(23-16(25)12-7-6-9-14-22-24-20)11-8-10-13-21-18(27)29-19(2,3)4/h15H,5-14H2,1-4H3,(H,21,27)(H,23,25)/t15-/m0/s1.